The molecule has 0 amide bonds. The molecule has 0 radical (unpaired) electrons. The van der Waals surface area contributed by atoms with Crippen LogP contribution in [0.2, 0.25) is 0 Å². The first kappa shape index (κ1) is 12.7. The highest BCUT2D eigenvalue weighted by atomic mass is 19.3. The smallest absolute Gasteiger partial charge is 0.340 e. The van der Waals surface area contributed by atoms with Crippen molar-refractivity contribution in [2.75, 3.05) is 6.61 Å². The fraction of sp³-hybridized carbons (Fsp3) is 0.444. The molecule has 0 spiro atoms. The Kier molecular flexibility index (Phi) is 4.05. The predicted molar refractivity (Wildman–Crippen MR) is 46.6 cm³/mol. The third kappa shape index (κ3) is 3.34. The quantitative estimate of drug-likeness (QED) is 0.797. The maximum Gasteiger partial charge on any atom is 0.340 e. The Bertz CT molecular complexity index is 346. The van der Waals surface area contributed by atoms with Gasteiger partial charge < -0.3 is 9.84 Å². The van der Waals surface area contributed by atoms with Gasteiger partial charge in [0.15, 0.2) is 6.61 Å². The number of pyridine rings is 1. The van der Waals surface area contributed by atoms with Crippen LogP contribution in [0.25, 0.3) is 0 Å². The van der Waals surface area contributed by atoms with Gasteiger partial charge in [-0.3, -0.25) is 0 Å². The molecule has 1 N–H and O–H groups in total. The molecule has 0 bridgehead atoms. The highest BCUT2D eigenvalue weighted by Crippen LogP contribution is 2.23. The maximum absolute atomic E-state index is 12.5. The summed E-state index contributed by atoms with van der Waals surface area (Å²) in [6, 6.07) is 4.09. The minimum absolute atomic E-state index is 0.206. The predicted octanol–water partition coefficient (Wildman–Crippen LogP) is 1.85. The Balaban J connectivity index is 2.60. The number of hydrogen-bond acceptors (Lipinski definition) is 3. The highest BCUT2D eigenvalue weighted by molar-refractivity contribution is 5.15. The number of hydrogen-bond donors (Lipinski definition) is 1. The molecule has 0 aliphatic carbocycles. The molecule has 16 heavy (non-hydrogen) atoms. The number of ether oxygens (including phenoxy) is 1. The minimum atomic E-state index is -4.21. The number of aliphatic hydroxyl groups excluding tert-OH is 1. The van der Waals surface area contributed by atoms with Gasteiger partial charge in [-0.05, 0) is 6.07 Å². The topological polar surface area (TPSA) is 42.4 Å². The lowest BCUT2D eigenvalue weighted by Gasteiger charge is -2.15. The van der Waals surface area contributed by atoms with E-state index in [0.29, 0.717) is 0 Å². The fourth-order valence-electron chi connectivity index (χ4n) is 0.859. The van der Waals surface area contributed by atoms with Gasteiger partial charge in [-0.15, -0.1) is 0 Å². The average molecular weight is 239 g/mol. The largest absolute Gasteiger partial charge is 0.471 e. The van der Waals surface area contributed by atoms with Crippen LogP contribution in [0.1, 0.15) is 5.69 Å². The van der Waals surface area contributed by atoms with Crippen molar-refractivity contribution in [2.24, 2.45) is 0 Å². The number of aromatic nitrogens is 1. The van der Waals surface area contributed by atoms with Crippen molar-refractivity contribution in [2.45, 2.75) is 19.0 Å². The van der Waals surface area contributed by atoms with Crippen LogP contribution in [-0.2, 0) is 6.61 Å². The third-order valence-electron chi connectivity index (χ3n) is 1.67. The molecule has 0 aromatic carbocycles. The molecule has 1 rings (SSSR count). The van der Waals surface area contributed by atoms with Crippen molar-refractivity contribution in [3.05, 3.63) is 23.9 Å². The van der Waals surface area contributed by atoms with E-state index in [1.165, 1.54) is 18.2 Å². The Labute approximate surface area is 88.7 Å². The van der Waals surface area contributed by atoms with Crippen molar-refractivity contribution < 1.29 is 27.4 Å². The molecule has 7 heteroatoms. The summed E-state index contributed by atoms with van der Waals surface area (Å²) in [5, 5.41) is 8.69. The second kappa shape index (κ2) is 5.11. The second-order valence-electron chi connectivity index (χ2n) is 2.98. The third-order valence-corrected chi connectivity index (χ3v) is 1.67. The second-order valence-corrected chi connectivity index (χ2v) is 2.98. The number of halogens is 4. The normalized spacial score (nSPS) is 11.9. The van der Waals surface area contributed by atoms with Crippen molar-refractivity contribution in [3.63, 3.8) is 0 Å². The van der Waals surface area contributed by atoms with Gasteiger partial charge in [0.2, 0.25) is 5.88 Å². The van der Waals surface area contributed by atoms with Gasteiger partial charge in [-0.25, -0.2) is 13.8 Å². The van der Waals surface area contributed by atoms with E-state index in [1.54, 1.807) is 0 Å². The van der Waals surface area contributed by atoms with Crippen molar-refractivity contribution in [3.8, 4) is 5.88 Å². The van der Waals surface area contributed by atoms with E-state index in [9.17, 15) is 17.6 Å². The molecule has 1 aromatic heterocycles. The van der Waals surface area contributed by atoms with Crippen molar-refractivity contribution >= 4 is 0 Å². The van der Waals surface area contributed by atoms with Gasteiger partial charge >= 0.3 is 12.3 Å². The molecular formula is C9H9F4NO2. The summed E-state index contributed by atoms with van der Waals surface area (Å²) >= 11 is 0. The molecule has 0 aliphatic rings. The van der Waals surface area contributed by atoms with Crippen LogP contribution >= 0.6 is 0 Å². The Hall–Kier alpha value is -1.37. The molecule has 0 atom stereocenters. The molecular weight excluding hydrogens is 230 g/mol. The molecule has 1 heterocycles. The van der Waals surface area contributed by atoms with Crippen LogP contribution < -0.4 is 4.74 Å². The maximum atomic E-state index is 12.5. The molecule has 90 valence electrons. The summed E-state index contributed by atoms with van der Waals surface area (Å²) in [4.78, 5) is 3.60. The lowest BCUT2D eigenvalue weighted by atomic mass is 10.3. The molecule has 0 saturated carbocycles. The lowest BCUT2D eigenvalue weighted by molar-refractivity contribution is -0.148. The summed E-state index contributed by atoms with van der Waals surface area (Å²) in [5.41, 5.74) is 0.206. The van der Waals surface area contributed by atoms with Gasteiger partial charge in [0.25, 0.3) is 0 Å². The van der Waals surface area contributed by atoms with Crippen LogP contribution in [0.15, 0.2) is 18.2 Å². The van der Waals surface area contributed by atoms with E-state index in [0.717, 1.165) is 0 Å². The molecule has 1 aromatic rings. The lowest BCUT2D eigenvalue weighted by Crippen LogP contribution is -2.33. The Morgan fingerprint density at radius 1 is 1.38 bits per heavy atom. The highest BCUT2D eigenvalue weighted by Gasteiger charge is 2.41. The van der Waals surface area contributed by atoms with E-state index in [-0.39, 0.29) is 18.2 Å². The van der Waals surface area contributed by atoms with E-state index in [4.69, 9.17) is 5.11 Å². The number of rotatable bonds is 5. The SMILES string of the molecule is OCc1cccc(OCC(F)(F)C(F)F)n1. The fourth-order valence-corrected chi connectivity index (χ4v) is 0.859. The zero-order valence-corrected chi connectivity index (χ0v) is 8.04. The van der Waals surface area contributed by atoms with Gasteiger partial charge in [-0.2, -0.15) is 8.78 Å². The Morgan fingerprint density at radius 3 is 2.62 bits per heavy atom. The van der Waals surface area contributed by atoms with E-state index < -0.39 is 19.0 Å². The van der Waals surface area contributed by atoms with Gasteiger partial charge in [0.1, 0.15) is 0 Å². The minimum Gasteiger partial charge on any atom is -0.471 e. The van der Waals surface area contributed by atoms with Gasteiger partial charge in [-0.1, -0.05) is 6.07 Å². The van der Waals surface area contributed by atoms with Gasteiger partial charge in [0.05, 0.1) is 12.3 Å². The first-order chi connectivity index (χ1) is 7.45. The van der Waals surface area contributed by atoms with Crippen LogP contribution in [0.3, 0.4) is 0 Å². The molecule has 0 unspecified atom stereocenters. The average Bonchev–Trinajstić information content (AvgIpc) is 2.26. The van der Waals surface area contributed by atoms with Crippen LogP contribution in [0.5, 0.6) is 5.88 Å². The molecule has 0 fully saturated rings. The summed E-state index contributed by atoms with van der Waals surface area (Å²) in [5.74, 6) is -4.44. The number of alkyl halides is 4. The van der Waals surface area contributed by atoms with E-state index in [1.807, 2.05) is 0 Å². The Morgan fingerprint density at radius 2 is 2.06 bits per heavy atom. The van der Waals surface area contributed by atoms with Gasteiger partial charge in [0, 0.05) is 6.07 Å². The number of nitrogens with zero attached hydrogens (tertiary/aromatic N) is 1. The molecule has 0 saturated heterocycles. The van der Waals surface area contributed by atoms with E-state index >= 15 is 0 Å². The first-order valence-corrected chi connectivity index (χ1v) is 4.31. The summed E-state index contributed by atoms with van der Waals surface area (Å²) in [7, 11) is 0. The zero-order chi connectivity index (χ0) is 12.2. The van der Waals surface area contributed by atoms with Crippen LogP contribution in [-0.4, -0.2) is 29.0 Å². The summed E-state index contributed by atoms with van der Waals surface area (Å²) in [6.45, 7) is -1.84. The van der Waals surface area contributed by atoms with E-state index in [2.05, 4.69) is 9.72 Å². The van der Waals surface area contributed by atoms with Crippen LogP contribution in [0.4, 0.5) is 17.6 Å². The number of aliphatic hydroxyl groups is 1. The first-order valence-electron chi connectivity index (χ1n) is 4.31. The van der Waals surface area contributed by atoms with Crippen molar-refractivity contribution in [1.29, 1.82) is 0 Å². The van der Waals surface area contributed by atoms with Crippen molar-refractivity contribution in [1.82, 2.24) is 4.98 Å². The summed E-state index contributed by atoms with van der Waals surface area (Å²) < 4.78 is 52.9. The zero-order valence-electron chi connectivity index (χ0n) is 8.04. The standard InChI is InChI=1S/C9H9F4NO2/c10-8(11)9(12,13)5-16-7-3-1-2-6(4-15)14-7/h1-3,8,15H,4-5H2. The monoisotopic (exact) mass is 239 g/mol. The molecule has 3 nitrogen and oxygen atoms in total. The van der Waals surface area contributed by atoms with Crippen LogP contribution in [0, 0.1) is 0 Å². The molecule has 0 aliphatic heterocycles. The summed E-state index contributed by atoms with van der Waals surface area (Å²) in [6.07, 6.45) is -3.78.